The van der Waals surface area contributed by atoms with E-state index in [0.717, 1.165) is 10.5 Å². The Morgan fingerprint density at radius 3 is 2.76 bits per heavy atom. The van der Waals surface area contributed by atoms with Crippen molar-refractivity contribution in [3.63, 3.8) is 0 Å². The maximum Gasteiger partial charge on any atom is 0.321 e. The van der Waals surface area contributed by atoms with E-state index in [4.69, 9.17) is 9.15 Å². The number of ether oxygens (including phenoxy) is 1. The van der Waals surface area contributed by atoms with Gasteiger partial charge in [0.2, 0.25) is 0 Å². The molecule has 0 aliphatic carbocycles. The van der Waals surface area contributed by atoms with Gasteiger partial charge < -0.3 is 19.4 Å². The van der Waals surface area contributed by atoms with Crippen molar-refractivity contribution in [2.75, 3.05) is 20.7 Å². The molecule has 0 saturated carbocycles. The zero-order valence-corrected chi connectivity index (χ0v) is 14.1. The van der Waals surface area contributed by atoms with Crippen LogP contribution in [0.2, 0.25) is 0 Å². The van der Waals surface area contributed by atoms with Gasteiger partial charge in [0.05, 0.1) is 27.0 Å². The summed E-state index contributed by atoms with van der Waals surface area (Å²) < 4.78 is 23.6. The number of hydrogen-bond donors (Lipinski definition) is 3. The number of imide groups is 1. The monoisotopic (exact) mass is 350 g/mol. The molecule has 1 atom stereocenters. The van der Waals surface area contributed by atoms with Crippen LogP contribution in [-0.2, 0) is 17.9 Å². The first-order valence-corrected chi connectivity index (χ1v) is 7.71. The summed E-state index contributed by atoms with van der Waals surface area (Å²) in [5, 5.41) is 4.76. The van der Waals surface area contributed by atoms with Crippen LogP contribution in [0.25, 0.3) is 0 Å². The Hall–Kier alpha value is -2.87. The van der Waals surface area contributed by atoms with Crippen molar-refractivity contribution in [3.8, 4) is 5.75 Å². The lowest BCUT2D eigenvalue weighted by molar-refractivity contribution is -0.885. The highest BCUT2D eigenvalue weighted by Gasteiger charge is 2.14. The van der Waals surface area contributed by atoms with Gasteiger partial charge in [-0.3, -0.25) is 10.1 Å². The fraction of sp³-hybridized carbons (Fsp3) is 0.294. The molecule has 1 aromatic heterocycles. The van der Waals surface area contributed by atoms with Crippen molar-refractivity contribution in [3.05, 3.63) is 53.7 Å². The second kappa shape index (κ2) is 8.84. The molecule has 7 nitrogen and oxygen atoms in total. The van der Waals surface area contributed by atoms with Crippen molar-refractivity contribution < 1.29 is 28.0 Å². The normalized spacial score (nSPS) is 11.6. The average Bonchev–Trinajstić information content (AvgIpc) is 3.06. The van der Waals surface area contributed by atoms with Gasteiger partial charge in [0.1, 0.15) is 12.3 Å². The van der Waals surface area contributed by atoms with Crippen LogP contribution >= 0.6 is 0 Å². The van der Waals surface area contributed by atoms with Crippen LogP contribution in [0, 0.1) is 5.82 Å². The van der Waals surface area contributed by atoms with E-state index in [1.807, 2.05) is 0 Å². The summed E-state index contributed by atoms with van der Waals surface area (Å²) in [5.41, 5.74) is 0.728. The van der Waals surface area contributed by atoms with E-state index in [1.54, 1.807) is 31.3 Å². The summed E-state index contributed by atoms with van der Waals surface area (Å²) in [6.45, 7) is 0.699. The van der Waals surface area contributed by atoms with Gasteiger partial charge in [0.25, 0.3) is 5.91 Å². The first kappa shape index (κ1) is 18.5. The molecule has 2 rings (SSSR count). The Balaban J connectivity index is 1.75. The maximum atomic E-state index is 13.7. The first-order chi connectivity index (χ1) is 12.0. The van der Waals surface area contributed by atoms with Crippen LogP contribution in [0.1, 0.15) is 11.3 Å². The molecule has 25 heavy (non-hydrogen) atoms. The maximum absolute atomic E-state index is 13.7. The van der Waals surface area contributed by atoms with Crippen LogP contribution < -0.4 is 20.3 Å². The lowest BCUT2D eigenvalue weighted by Gasteiger charge is -2.14. The molecule has 2 aromatic rings. The number of nitrogens with one attached hydrogen (secondary N) is 3. The number of furan rings is 1. The Kier molecular flexibility index (Phi) is 6.53. The highest BCUT2D eigenvalue weighted by atomic mass is 19.1. The van der Waals surface area contributed by atoms with Crippen molar-refractivity contribution in [2.24, 2.45) is 0 Å². The van der Waals surface area contributed by atoms with Crippen molar-refractivity contribution >= 4 is 11.9 Å². The number of amides is 3. The quantitative estimate of drug-likeness (QED) is 0.678. The first-order valence-electron chi connectivity index (χ1n) is 7.71. The Bertz CT molecular complexity index is 719. The second-order valence-electron chi connectivity index (χ2n) is 5.59. The summed E-state index contributed by atoms with van der Waals surface area (Å²) in [4.78, 5) is 24.3. The summed E-state index contributed by atoms with van der Waals surface area (Å²) in [5.74, 6) is -0.114. The third-order valence-electron chi connectivity index (χ3n) is 3.44. The van der Waals surface area contributed by atoms with Crippen molar-refractivity contribution in [1.82, 2.24) is 10.6 Å². The molecule has 0 fully saturated rings. The Labute approximate surface area is 144 Å². The van der Waals surface area contributed by atoms with Crippen molar-refractivity contribution in [2.45, 2.75) is 13.1 Å². The minimum atomic E-state index is -0.593. The number of benzene rings is 1. The van der Waals surface area contributed by atoms with E-state index >= 15 is 0 Å². The summed E-state index contributed by atoms with van der Waals surface area (Å²) in [6.07, 6.45) is 1.50. The van der Waals surface area contributed by atoms with Gasteiger partial charge in [-0.2, -0.15) is 0 Å². The minimum absolute atomic E-state index is 0.0713. The molecular weight excluding hydrogens is 329 g/mol. The van der Waals surface area contributed by atoms with E-state index in [-0.39, 0.29) is 18.8 Å². The molecule has 0 aliphatic heterocycles. The molecule has 1 unspecified atom stereocenters. The fourth-order valence-electron chi connectivity index (χ4n) is 2.30. The number of hydrogen-bond acceptors (Lipinski definition) is 4. The minimum Gasteiger partial charge on any atom is -0.494 e. The van der Waals surface area contributed by atoms with E-state index in [1.165, 1.54) is 19.4 Å². The van der Waals surface area contributed by atoms with Crippen LogP contribution in [0.15, 0.2) is 41.0 Å². The Morgan fingerprint density at radius 2 is 2.12 bits per heavy atom. The van der Waals surface area contributed by atoms with Crippen molar-refractivity contribution in [1.29, 1.82) is 0 Å². The molecule has 0 saturated heterocycles. The Morgan fingerprint density at radius 1 is 1.32 bits per heavy atom. The SMILES string of the molecule is COc1ccc(C[NH+](C)CC(=O)NC(=O)NCc2ccco2)cc1F. The molecule has 3 amide bonds. The van der Waals surface area contributed by atoms with E-state index in [2.05, 4.69) is 10.6 Å². The van der Waals surface area contributed by atoms with Gasteiger partial charge in [0.15, 0.2) is 18.1 Å². The molecule has 134 valence electrons. The molecule has 0 radical (unpaired) electrons. The topological polar surface area (TPSA) is 85.0 Å². The van der Waals surface area contributed by atoms with Crippen LogP contribution in [0.3, 0.4) is 0 Å². The number of carbonyl (C=O) groups excluding carboxylic acids is 2. The smallest absolute Gasteiger partial charge is 0.321 e. The number of methoxy groups -OCH3 is 1. The highest BCUT2D eigenvalue weighted by molar-refractivity contribution is 5.94. The lowest BCUT2D eigenvalue weighted by Crippen LogP contribution is -3.09. The number of halogens is 1. The standard InChI is InChI=1S/C17H20FN3O4/c1-21(10-12-5-6-15(24-2)14(18)8-12)11-16(22)20-17(23)19-9-13-4-3-7-25-13/h3-8H,9-11H2,1-2H3,(H2,19,20,22,23)/p+1. The van der Waals surface area contributed by atoms with Gasteiger partial charge in [-0.1, -0.05) is 0 Å². The van der Waals surface area contributed by atoms with E-state index in [0.29, 0.717) is 12.3 Å². The number of carbonyl (C=O) groups is 2. The van der Waals surface area contributed by atoms with E-state index < -0.39 is 17.8 Å². The van der Waals surface area contributed by atoms with Gasteiger partial charge in [-0.05, 0) is 30.3 Å². The lowest BCUT2D eigenvalue weighted by atomic mass is 10.2. The summed E-state index contributed by atoms with van der Waals surface area (Å²) >= 11 is 0. The van der Waals surface area contributed by atoms with Gasteiger partial charge in [0, 0.05) is 5.56 Å². The third kappa shape index (κ3) is 5.92. The largest absolute Gasteiger partial charge is 0.494 e. The predicted octanol–water partition coefficient (Wildman–Crippen LogP) is 0.468. The molecule has 0 bridgehead atoms. The number of urea groups is 1. The van der Waals surface area contributed by atoms with Gasteiger partial charge >= 0.3 is 6.03 Å². The fourth-order valence-corrected chi connectivity index (χ4v) is 2.30. The highest BCUT2D eigenvalue weighted by Crippen LogP contribution is 2.16. The van der Waals surface area contributed by atoms with Crippen LogP contribution in [-0.4, -0.2) is 32.6 Å². The summed E-state index contributed by atoms with van der Waals surface area (Å²) in [6, 6.07) is 7.48. The van der Waals surface area contributed by atoms with Crippen LogP contribution in [0.4, 0.5) is 9.18 Å². The molecule has 3 N–H and O–H groups in total. The average molecular weight is 350 g/mol. The number of rotatable bonds is 7. The molecule has 1 heterocycles. The predicted molar refractivity (Wildman–Crippen MR) is 87.5 cm³/mol. The van der Waals surface area contributed by atoms with Gasteiger partial charge in [-0.15, -0.1) is 0 Å². The summed E-state index contributed by atoms with van der Waals surface area (Å²) in [7, 11) is 3.18. The number of likely N-dealkylation sites (N-methyl/N-ethyl adjacent to an activating group) is 1. The van der Waals surface area contributed by atoms with E-state index in [9.17, 15) is 14.0 Å². The molecule has 0 aliphatic rings. The molecule has 1 aromatic carbocycles. The number of quaternary nitrogens is 1. The zero-order chi connectivity index (χ0) is 18.2. The zero-order valence-electron chi connectivity index (χ0n) is 14.1. The second-order valence-corrected chi connectivity index (χ2v) is 5.59. The van der Waals surface area contributed by atoms with Crippen LogP contribution in [0.5, 0.6) is 5.75 Å². The third-order valence-corrected chi connectivity index (χ3v) is 3.44. The molecule has 8 heteroatoms. The molecule has 0 spiro atoms. The van der Waals surface area contributed by atoms with Gasteiger partial charge in [-0.25, -0.2) is 9.18 Å². The molecular formula is C17H21FN3O4+.